The number of carbonyl (C=O) groups is 1. The summed E-state index contributed by atoms with van der Waals surface area (Å²) in [7, 11) is 0. The number of nitrogens with zero attached hydrogens (tertiary/aromatic N) is 1. The zero-order valence-electron chi connectivity index (χ0n) is 11.4. The molecule has 0 saturated heterocycles. The molecule has 1 amide bonds. The summed E-state index contributed by atoms with van der Waals surface area (Å²) in [5.74, 6) is -0.309. The molecule has 0 bridgehead atoms. The summed E-state index contributed by atoms with van der Waals surface area (Å²) in [5, 5.41) is 2.34. The van der Waals surface area contributed by atoms with Crippen LogP contribution in [0.5, 0.6) is 0 Å². The molecule has 0 unspecified atom stereocenters. The second-order valence-electron chi connectivity index (χ2n) is 5.21. The first-order chi connectivity index (χ1) is 10.1. The van der Waals surface area contributed by atoms with Crippen LogP contribution in [-0.2, 0) is 17.8 Å². The molecular weight excluding hydrogens is 309 g/mol. The van der Waals surface area contributed by atoms with Crippen LogP contribution >= 0.6 is 22.9 Å². The topological polar surface area (TPSA) is 20.3 Å². The van der Waals surface area contributed by atoms with Gasteiger partial charge in [0, 0.05) is 21.5 Å². The van der Waals surface area contributed by atoms with Crippen molar-refractivity contribution in [2.45, 2.75) is 31.8 Å². The van der Waals surface area contributed by atoms with Gasteiger partial charge in [0.25, 0.3) is 0 Å². The molecule has 1 aromatic carbocycles. The fraction of sp³-hybridized carbons (Fsp3) is 0.312. The SMILES string of the molecule is O=C(Cc1cccs1)N(Cc1c(F)cccc1Cl)C1CC1. The van der Waals surface area contributed by atoms with Gasteiger partial charge >= 0.3 is 0 Å². The highest BCUT2D eigenvalue weighted by Crippen LogP contribution is 2.31. The molecule has 1 fully saturated rings. The average molecular weight is 324 g/mol. The molecular formula is C16H15ClFNOS. The Hall–Kier alpha value is -1.39. The Morgan fingerprint density at radius 3 is 2.76 bits per heavy atom. The number of carbonyl (C=O) groups excluding carboxylic acids is 1. The van der Waals surface area contributed by atoms with E-state index in [-0.39, 0.29) is 24.3 Å². The van der Waals surface area contributed by atoms with Crippen molar-refractivity contribution in [1.82, 2.24) is 4.90 Å². The molecule has 1 saturated carbocycles. The zero-order valence-corrected chi connectivity index (χ0v) is 13.0. The van der Waals surface area contributed by atoms with Gasteiger partial charge in [0.2, 0.25) is 5.91 Å². The fourth-order valence-electron chi connectivity index (χ4n) is 2.32. The summed E-state index contributed by atoms with van der Waals surface area (Å²) in [6.45, 7) is 0.250. The van der Waals surface area contributed by atoms with Crippen molar-refractivity contribution < 1.29 is 9.18 Å². The van der Waals surface area contributed by atoms with Crippen LogP contribution in [0.3, 0.4) is 0 Å². The van der Waals surface area contributed by atoms with E-state index >= 15 is 0 Å². The van der Waals surface area contributed by atoms with Gasteiger partial charge in [-0.3, -0.25) is 4.79 Å². The van der Waals surface area contributed by atoms with Crippen LogP contribution in [0.4, 0.5) is 4.39 Å². The number of rotatable bonds is 5. The van der Waals surface area contributed by atoms with Crippen molar-refractivity contribution in [1.29, 1.82) is 0 Å². The number of hydrogen-bond donors (Lipinski definition) is 0. The molecule has 1 aromatic heterocycles. The maximum Gasteiger partial charge on any atom is 0.228 e. The molecule has 110 valence electrons. The van der Waals surface area contributed by atoms with Crippen LogP contribution in [0.25, 0.3) is 0 Å². The summed E-state index contributed by atoms with van der Waals surface area (Å²) in [6.07, 6.45) is 2.35. The molecule has 0 N–H and O–H groups in total. The Labute approximate surface area is 132 Å². The second-order valence-corrected chi connectivity index (χ2v) is 6.65. The first-order valence-electron chi connectivity index (χ1n) is 6.90. The van der Waals surface area contributed by atoms with Crippen molar-refractivity contribution in [2.24, 2.45) is 0 Å². The summed E-state index contributed by atoms with van der Waals surface area (Å²) >= 11 is 7.64. The molecule has 2 aromatic rings. The maximum atomic E-state index is 13.9. The minimum absolute atomic E-state index is 0.0410. The van der Waals surface area contributed by atoms with E-state index in [1.54, 1.807) is 28.4 Å². The molecule has 5 heteroatoms. The molecule has 0 radical (unpaired) electrons. The first kappa shape index (κ1) is 14.5. The normalized spacial score (nSPS) is 14.2. The number of benzene rings is 1. The molecule has 0 spiro atoms. The zero-order chi connectivity index (χ0) is 14.8. The van der Waals surface area contributed by atoms with Gasteiger partial charge < -0.3 is 4.90 Å². The quantitative estimate of drug-likeness (QED) is 0.804. The Kier molecular flexibility index (Phi) is 4.27. The smallest absolute Gasteiger partial charge is 0.228 e. The average Bonchev–Trinajstić information content (AvgIpc) is 3.16. The van der Waals surface area contributed by atoms with E-state index in [0.717, 1.165) is 17.7 Å². The van der Waals surface area contributed by atoms with Crippen LogP contribution in [0.15, 0.2) is 35.7 Å². The fourth-order valence-corrected chi connectivity index (χ4v) is 3.24. The van der Waals surface area contributed by atoms with E-state index in [0.29, 0.717) is 17.0 Å². The lowest BCUT2D eigenvalue weighted by molar-refractivity contribution is -0.131. The first-order valence-corrected chi connectivity index (χ1v) is 8.15. The molecule has 0 atom stereocenters. The standard InChI is InChI=1S/C16H15ClFNOS/c17-14-4-1-5-15(18)13(14)10-19(11-6-7-11)16(20)9-12-3-2-8-21-12/h1-5,8,11H,6-7,9-10H2. The van der Waals surface area contributed by atoms with E-state index in [4.69, 9.17) is 11.6 Å². The molecule has 1 aliphatic rings. The van der Waals surface area contributed by atoms with Crippen molar-refractivity contribution in [3.05, 3.63) is 57.0 Å². The van der Waals surface area contributed by atoms with Gasteiger partial charge in [-0.15, -0.1) is 11.3 Å². The van der Waals surface area contributed by atoms with Crippen LogP contribution in [0.1, 0.15) is 23.3 Å². The number of thiophene rings is 1. The number of hydrogen-bond acceptors (Lipinski definition) is 2. The third-order valence-corrected chi connectivity index (χ3v) is 4.83. The third-order valence-electron chi connectivity index (χ3n) is 3.60. The predicted octanol–water partition coefficient (Wildman–Crippen LogP) is 4.27. The van der Waals surface area contributed by atoms with Crippen LogP contribution in [0, 0.1) is 5.82 Å². The van der Waals surface area contributed by atoms with Crippen molar-refractivity contribution in [2.75, 3.05) is 0 Å². The van der Waals surface area contributed by atoms with Crippen LogP contribution < -0.4 is 0 Å². The van der Waals surface area contributed by atoms with Gasteiger partial charge in [0.1, 0.15) is 5.82 Å². The van der Waals surface area contributed by atoms with E-state index in [9.17, 15) is 9.18 Å². The Morgan fingerprint density at radius 1 is 1.33 bits per heavy atom. The van der Waals surface area contributed by atoms with E-state index in [1.807, 2.05) is 17.5 Å². The van der Waals surface area contributed by atoms with Crippen LogP contribution in [-0.4, -0.2) is 16.8 Å². The predicted molar refractivity (Wildman–Crippen MR) is 83.0 cm³/mol. The van der Waals surface area contributed by atoms with Crippen molar-refractivity contribution in [3.8, 4) is 0 Å². The molecule has 21 heavy (non-hydrogen) atoms. The monoisotopic (exact) mass is 323 g/mol. The minimum atomic E-state index is -0.350. The highest BCUT2D eigenvalue weighted by atomic mass is 35.5. The summed E-state index contributed by atoms with van der Waals surface area (Å²) in [4.78, 5) is 15.3. The minimum Gasteiger partial charge on any atom is -0.335 e. The van der Waals surface area contributed by atoms with Crippen molar-refractivity contribution >= 4 is 28.8 Å². The summed E-state index contributed by atoms with van der Waals surface area (Å²) in [5.41, 5.74) is 0.408. The highest BCUT2D eigenvalue weighted by molar-refractivity contribution is 7.10. The lowest BCUT2D eigenvalue weighted by atomic mass is 10.2. The summed E-state index contributed by atoms with van der Waals surface area (Å²) < 4.78 is 13.9. The van der Waals surface area contributed by atoms with Gasteiger partial charge in [0.15, 0.2) is 0 Å². The van der Waals surface area contributed by atoms with E-state index in [2.05, 4.69) is 0 Å². The van der Waals surface area contributed by atoms with Gasteiger partial charge in [-0.1, -0.05) is 23.7 Å². The van der Waals surface area contributed by atoms with Crippen LogP contribution in [0.2, 0.25) is 5.02 Å². The molecule has 1 aliphatic carbocycles. The number of halogens is 2. The van der Waals surface area contributed by atoms with E-state index in [1.165, 1.54) is 6.07 Å². The maximum absolute atomic E-state index is 13.9. The van der Waals surface area contributed by atoms with Gasteiger partial charge in [-0.2, -0.15) is 0 Å². The molecule has 0 aliphatic heterocycles. The highest BCUT2D eigenvalue weighted by Gasteiger charge is 2.33. The van der Waals surface area contributed by atoms with Gasteiger partial charge in [-0.05, 0) is 36.4 Å². The summed E-state index contributed by atoms with van der Waals surface area (Å²) in [6, 6.07) is 8.74. The third kappa shape index (κ3) is 3.44. The Balaban J connectivity index is 1.77. The van der Waals surface area contributed by atoms with Gasteiger partial charge in [0.05, 0.1) is 13.0 Å². The Bertz CT molecular complexity index is 619. The molecule has 2 nitrogen and oxygen atoms in total. The lowest BCUT2D eigenvalue weighted by Gasteiger charge is -2.23. The second kappa shape index (κ2) is 6.16. The number of amides is 1. The Morgan fingerprint density at radius 2 is 2.14 bits per heavy atom. The van der Waals surface area contributed by atoms with E-state index < -0.39 is 0 Å². The van der Waals surface area contributed by atoms with Gasteiger partial charge in [-0.25, -0.2) is 4.39 Å². The van der Waals surface area contributed by atoms with Crippen molar-refractivity contribution in [3.63, 3.8) is 0 Å². The lowest BCUT2D eigenvalue weighted by Crippen LogP contribution is -2.34. The largest absolute Gasteiger partial charge is 0.335 e. The molecule has 3 rings (SSSR count). The molecule has 1 heterocycles.